The van der Waals surface area contributed by atoms with Crippen molar-refractivity contribution >= 4 is 5.97 Å². The number of ether oxygens (including phenoxy) is 2. The van der Waals surface area contributed by atoms with Gasteiger partial charge in [0.25, 0.3) is 0 Å². The second-order valence-corrected chi connectivity index (χ2v) is 4.56. The highest BCUT2D eigenvalue weighted by Crippen LogP contribution is 2.21. The maximum absolute atomic E-state index is 11.6. The lowest BCUT2D eigenvalue weighted by molar-refractivity contribution is -0.195. The molecule has 0 aromatic carbocycles. The first-order chi connectivity index (χ1) is 7.13. The summed E-state index contributed by atoms with van der Waals surface area (Å²) in [5.74, 6) is 0.477. The molecule has 1 aliphatic heterocycles. The van der Waals surface area contributed by atoms with Crippen molar-refractivity contribution in [3.05, 3.63) is 0 Å². The lowest BCUT2D eigenvalue weighted by atomic mass is 10.0. The van der Waals surface area contributed by atoms with E-state index in [1.807, 2.05) is 6.92 Å². The third-order valence-corrected chi connectivity index (χ3v) is 2.88. The number of carbonyl (C=O) groups is 1. The standard InChI is InChI=1S/C12H22O3/c1-4-5-10(3)12(13)15-11-8-9(2)6-7-14-11/h9-11H,4-8H2,1-3H3. The van der Waals surface area contributed by atoms with E-state index < -0.39 is 0 Å². The van der Waals surface area contributed by atoms with Crippen LogP contribution >= 0.6 is 0 Å². The molecule has 0 saturated carbocycles. The lowest BCUT2D eigenvalue weighted by Gasteiger charge is -2.27. The maximum atomic E-state index is 11.6. The minimum absolute atomic E-state index is 0.00386. The van der Waals surface area contributed by atoms with Gasteiger partial charge in [-0.2, -0.15) is 0 Å². The first kappa shape index (κ1) is 12.5. The van der Waals surface area contributed by atoms with E-state index in [0.717, 1.165) is 25.7 Å². The molecule has 88 valence electrons. The van der Waals surface area contributed by atoms with Crippen LogP contribution in [0.4, 0.5) is 0 Å². The summed E-state index contributed by atoms with van der Waals surface area (Å²) in [7, 11) is 0. The molecule has 1 aliphatic rings. The van der Waals surface area contributed by atoms with Gasteiger partial charge in [-0.3, -0.25) is 4.79 Å². The van der Waals surface area contributed by atoms with Crippen LogP contribution in [-0.2, 0) is 14.3 Å². The third-order valence-electron chi connectivity index (χ3n) is 2.88. The largest absolute Gasteiger partial charge is 0.436 e. The molecular formula is C12H22O3. The Labute approximate surface area is 92.1 Å². The molecular weight excluding hydrogens is 192 g/mol. The summed E-state index contributed by atoms with van der Waals surface area (Å²) >= 11 is 0. The smallest absolute Gasteiger partial charge is 0.310 e. The van der Waals surface area contributed by atoms with Gasteiger partial charge in [-0.05, 0) is 18.8 Å². The molecule has 0 spiro atoms. The van der Waals surface area contributed by atoms with E-state index in [9.17, 15) is 4.79 Å². The van der Waals surface area contributed by atoms with Gasteiger partial charge in [0.1, 0.15) is 0 Å². The van der Waals surface area contributed by atoms with E-state index in [1.54, 1.807) is 0 Å². The summed E-state index contributed by atoms with van der Waals surface area (Å²) in [6.07, 6.45) is 3.50. The number of hydrogen-bond acceptors (Lipinski definition) is 3. The second-order valence-electron chi connectivity index (χ2n) is 4.56. The van der Waals surface area contributed by atoms with Crippen molar-refractivity contribution in [1.29, 1.82) is 0 Å². The molecule has 1 rings (SSSR count). The predicted molar refractivity (Wildman–Crippen MR) is 58.3 cm³/mol. The summed E-state index contributed by atoms with van der Waals surface area (Å²) < 4.78 is 10.7. The molecule has 0 aromatic heterocycles. The van der Waals surface area contributed by atoms with Gasteiger partial charge in [-0.1, -0.05) is 27.2 Å². The molecule has 0 amide bonds. The number of hydrogen-bond donors (Lipinski definition) is 0. The maximum Gasteiger partial charge on any atom is 0.310 e. The zero-order chi connectivity index (χ0) is 11.3. The summed E-state index contributed by atoms with van der Waals surface area (Å²) in [5.41, 5.74) is 0. The van der Waals surface area contributed by atoms with E-state index in [1.165, 1.54) is 0 Å². The molecule has 3 unspecified atom stereocenters. The minimum atomic E-state index is -0.305. The van der Waals surface area contributed by atoms with Crippen molar-refractivity contribution in [1.82, 2.24) is 0 Å². The van der Waals surface area contributed by atoms with E-state index in [2.05, 4.69) is 13.8 Å². The Kier molecular flexibility index (Phi) is 5.09. The third kappa shape index (κ3) is 4.20. The van der Waals surface area contributed by atoms with Crippen molar-refractivity contribution in [2.24, 2.45) is 11.8 Å². The highest BCUT2D eigenvalue weighted by atomic mass is 16.7. The zero-order valence-electron chi connectivity index (χ0n) is 9.99. The van der Waals surface area contributed by atoms with Crippen LogP contribution in [0.15, 0.2) is 0 Å². The van der Waals surface area contributed by atoms with Crippen molar-refractivity contribution in [3.63, 3.8) is 0 Å². The molecule has 0 bridgehead atoms. The van der Waals surface area contributed by atoms with Crippen molar-refractivity contribution < 1.29 is 14.3 Å². The van der Waals surface area contributed by atoms with E-state index in [-0.39, 0.29) is 18.2 Å². The monoisotopic (exact) mass is 214 g/mol. The Hall–Kier alpha value is -0.570. The summed E-state index contributed by atoms with van der Waals surface area (Å²) in [4.78, 5) is 11.6. The topological polar surface area (TPSA) is 35.5 Å². The van der Waals surface area contributed by atoms with Gasteiger partial charge in [-0.15, -0.1) is 0 Å². The van der Waals surface area contributed by atoms with Crippen molar-refractivity contribution in [2.45, 2.75) is 52.7 Å². The van der Waals surface area contributed by atoms with Crippen LogP contribution in [0, 0.1) is 11.8 Å². The van der Waals surface area contributed by atoms with Gasteiger partial charge in [0.15, 0.2) is 0 Å². The normalized spacial score (nSPS) is 28.5. The van der Waals surface area contributed by atoms with Crippen LogP contribution in [-0.4, -0.2) is 18.9 Å². The molecule has 0 N–H and O–H groups in total. The summed E-state index contributed by atoms with van der Waals surface area (Å²) in [5, 5.41) is 0. The number of rotatable bonds is 4. The van der Waals surface area contributed by atoms with Crippen LogP contribution in [0.1, 0.15) is 46.5 Å². The van der Waals surface area contributed by atoms with E-state index in [4.69, 9.17) is 9.47 Å². The van der Waals surface area contributed by atoms with Gasteiger partial charge >= 0.3 is 5.97 Å². The lowest BCUT2D eigenvalue weighted by Crippen LogP contribution is -2.31. The predicted octanol–water partition coefficient (Wildman–Crippen LogP) is 2.74. The van der Waals surface area contributed by atoms with Crippen LogP contribution in [0.3, 0.4) is 0 Å². The molecule has 1 fully saturated rings. The average Bonchev–Trinajstić information content (AvgIpc) is 2.18. The number of carbonyl (C=O) groups excluding carboxylic acids is 1. The van der Waals surface area contributed by atoms with E-state index in [0.29, 0.717) is 12.5 Å². The van der Waals surface area contributed by atoms with Gasteiger partial charge in [0.2, 0.25) is 6.29 Å². The quantitative estimate of drug-likeness (QED) is 0.675. The van der Waals surface area contributed by atoms with Crippen molar-refractivity contribution in [2.75, 3.05) is 6.61 Å². The summed E-state index contributed by atoms with van der Waals surface area (Å²) in [6.45, 7) is 6.86. The Morgan fingerprint density at radius 3 is 2.93 bits per heavy atom. The first-order valence-corrected chi connectivity index (χ1v) is 5.95. The van der Waals surface area contributed by atoms with Gasteiger partial charge in [0, 0.05) is 6.42 Å². The SMILES string of the molecule is CCCC(C)C(=O)OC1CC(C)CCO1. The van der Waals surface area contributed by atoms with Crippen LogP contribution in [0.2, 0.25) is 0 Å². The fourth-order valence-electron chi connectivity index (χ4n) is 1.79. The van der Waals surface area contributed by atoms with Gasteiger partial charge in [0.05, 0.1) is 12.5 Å². The minimum Gasteiger partial charge on any atom is -0.436 e. The molecule has 0 aliphatic carbocycles. The first-order valence-electron chi connectivity index (χ1n) is 5.95. The van der Waals surface area contributed by atoms with Crippen LogP contribution < -0.4 is 0 Å². The highest BCUT2D eigenvalue weighted by molar-refractivity contribution is 5.72. The van der Waals surface area contributed by atoms with Crippen LogP contribution in [0.5, 0.6) is 0 Å². The average molecular weight is 214 g/mol. The molecule has 0 aromatic rings. The Balaban J connectivity index is 2.30. The second kappa shape index (κ2) is 6.11. The molecule has 15 heavy (non-hydrogen) atoms. The Morgan fingerprint density at radius 2 is 2.33 bits per heavy atom. The number of esters is 1. The molecule has 1 heterocycles. The van der Waals surface area contributed by atoms with Crippen molar-refractivity contribution in [3.8, 4) is 0 Å². The Bertz CT molecular complexity index is 203. The molecule has 3 atom stereocenters. The molecule has 0 radical (unpaired) electrons. The molecule has 3 nitrogen and oxygen atoms in total. The molecule has 3 heteroatoms. The Morgan fingerprint density at radius 1 is 1.60 bits per heavy atom. The van der Waals surface area contributed by atoms with E-state index >= 15 is 0 Å². The molecule has 1 saturated heterocycles. The van der Waals surface area contributed by atoms with Gasteiger partial charge < -0.3 is 9.47 Å². The fraction of sp³-hybridized carbons (Fsp3) is 0.917. The highest BCUT2D eigenvalue weighted by Gasteiger charge is 2.24. The van der Waals surface area contributed by atoms with Crippen LogP contribution in [0.25, 0.3) is 0 Å². The zero-order valence-corrected chi connectivity index (χ0v) is 9.99. The van der Waals surface area contributed by atoms with Gasteiger partial charge in [-0.25, -0.2) is 0 Å². The summed E-state index contributed by atoms with van der Waals surface area (Å²) in [6, 6.07) is 0. The fourth-order valence-corrected chi connectivity index (χ4v) is 1.79.